The fraction of sp³-hybridized carbons (Fsp3) is 0.111. The molecule has 1 heterocycles. The highest BCUT2D eigenvalue weighted by atomic mass is 35.5. The highest BCUT2D eigenvalue weighted by Gasteiger charge is 2.32. The fourth-order valence-electron chi connectivity index (χ4n) is 2.23. The van der Waals surface area contributed by atoms with Gasteiger partial charge in [0.2, 0.25) is 11.8 Å². The third kappa shape index (κ3) is 5.38. The van der Waals surface area contributed by atoms with E-state index >= 15 is 0 Å². The molecule has 27 heavy (non-hydrogen) atoms. The number of halogens is 2. The minimum atomic E-state index is -0.632. The standard InChI is InChI=1S/C18H14ClFN4O2S/c19-13-7-6-12(8-14(13)20)22-16(25)9-15-17(26)23-18(27-15)24-21-10-11-4-2-1-3-5-11/h1-8,10,15H,9H2,(H,22,25)(H,23,24,26). The number of hydrogen-bond acceptors (Lipinski definition) is 5. The van der Waals surface area contributed by atoms with Gasteiger partial charge in [0.05, 0.1) is 11.2 Å². The number of amidine groups is 1. The summed E-state index contributed by atoms with van der Waals surface area (Å²) >= 11 is 6.72. The molecule has 138 valence electrons. The van der Waals surface area contributed by atoms with Crippen LogP contribution in [-0.2, 0) is 9.59 Å². The molecule has 0 bridgehead atoms. The Hall–Kier alpha value is -2.71. The summed E-state index contributed by atoms with van der Waals surface area (Å²) in [4.78, 5) is 24.1. The summed E-state index contributed by atoms with van der Waals surface area (Å²) in [6, 6.07) is 13.3. The third-order valence-corrected chi connectivity index (χ3v) is 4.88. The van der Waals surface area contributed by atoms with Gasteiger partial charge < -0.3 is 10.6 Å². The van der Waals surface area contributed by atoms with Crippen molar-refractivity contribution in [2.45, 2.75) is 11.7 Å². The Kier molecular flexibility index (Phi) is 6.20. The first kappa shape index (κ1) is 19.1. The van der Waals surface area contributed by atoms with Crippen molar-refractivity contribution in [1.82, 2.24) is 5.32 Å². The van der Waals surface area contributed by atoms with Crippen LogP contribution < -0.4 is 10.6 Å². The number of rotatable bonds is 5. The minimum absolute atomic E-state index is 0.0318. The van der Waals surface area contributed by atoms with Gasteiger partial charge in [-0.2, -0.15) is 5.10 Å². The third-order valence-electron chi connectivity index (χ3n) is 3.51. The zero-order valence-electron chi connectivity index (χ0n) is 13.9. The molecule has 0 radical (unpaired) electrons. The molecule has 9 heteroatoms. The van der Waals surface area contributed by atoms with Crippen LogP contribution in [0.4, 0.5) is 10.1 Å². The van der Waals surface area contributed by atoms with Crippen LogP contribution in [0.15, 0.2) is 58.7 Å². The van der Waals surface area contributed by atoms with Gasteiger partial charge >= 0.3 is 0 Å². The van der Waals surface area contributed by atoms with E-state index < -0.39 is 17.0 Å². The molecule has 1 fully saturated rings. The Balaban J connectivity index is 1.55. The summed E-state index contributed by atoms with van der Waals surface area (Å²) in [6.07, 6.45) is 1.48. The zero-order chi connectivity index (χ0) is 19.2. The fourth-order valence-corrected chi connectivity index (χ4v) is 3.27. The predicted molar refractivity (Wildman–Crippen MR) is 106 cm³/mol. The van der Waals surface area contributed by atoms with Gasteiger partial charge in [0.15, 0.2) is 5.17 Å². The molecule has 0 aromatic heterocycles. The van der Waals surface area contributed by atoms with E-state index in [-0.39, 0.29) is 23.0 Å². The number of nitrogens with one attached hydrogen (secondary N) is 2. The van der Waals surface area contributed by atoms with E-state index in [1.165, 1.54) is 12.1 Å². The maximum Gasteiger partial charge on any atom is 0.240 e. The number of carbonyl (C=O) groups excluding carboxylic acids is 2. The number of thioether (sulfide) groups is 1. The second kappa shape index (κ2) is 8.79. The van der Waals surface area contributed by atoms with Gasteiger partial charge in [0.25, 0.3) is 0 Å². The molecular weight excluding hydrogens is 391 g/mol. The van der Waals surface area contributed by atoms with Gasteiger partial charge in [0.1, 0.15) is 11.1 Å². The summed E-state index contributed by atoms with van der Waals surface area (Å²) in [5, 5.41) is 12.7. The van der Waals surface area contributed by atoms with E-state index in [1.807, 2.05) is 30.3 Å². The summed E-state index contributed by atoms with van der Waals surface area (Å²) in [7, 11) is 0. The van der Waals surface area contributed by atoms with Gasteiger partial charge in [-0.1, -0.05) is 53.7 Å². The first-order valence-corrected chi connectivity index (χ1v) is 9.15. The second-order valence-electron chi connectivity index (χ2n) is 5.54. The molecule has 1 aliphatic heterocycles. The quantitative estimate of drug-likeness (QED) is 0.591. The monoisotopic (exact) mass is 404 g/mol. The highest BCUT2D eigenvalue weighted by molar-refractivity contribution is 8.15. The Morgan fingerprint density at radius 1 is 1.30 bits per heavy atom. The smallest absolute Gasteiger partial charge is 0.240 e. The lowest BCUT2D eigenvalue weighted by molar-refractivity contribution is -0.122. The van der Waals surface area contributed by atoms with Crippen LogP contribution in [0, 0.1) is 5.82 Å². The molecule has 3 rings (SSSR count). The van der Waals surface area contributed by atoms with Crippen LogP contribution >= 0.6 is 23.4 Å². The van der Waals surface area contributed by atoms with Crippen molar-refractivity contribution in [3.63, 3.8) is 0 Å². The van der Waals surface area contributed by atoms with Crippen molar-refractivity contribution in [1.29, 1.82) is 0 Å². The average Bonchev–Trinajstić information content (AvgIpc) is 2.98. The maximum absolute atomic E-state index is 13.4. The van der Waals surface area contributed by atoms with E-state index in [2.05, 4.69) is 20.8 Å². The lowest BCUT2D eigenvalue weighted by atomic mass is 10.2. The summed E-state index contributed by atoms with van der Waals surface area (Å²) < 4.78 is 13.4. The SMILES string of the molecule is O=C(CC1SC(=NN=Cc2ccccc2)NC1=O)Nc1ccc(Cl)c(F)c1. The largest absolute Gasteiger partial charge is 0.326 e. The number of benzene rings is 2. The number of hydrogen-bond donors (Lipinski definition) is 2. The van der Waals surface area contributed by atoms with Crippen LogP contribution in [-0.4, -0.2) is 28.4 Å². The molecule has 1 atom stereocenters. The molecule has 1 saturated heterocycles. The normalized spacial score (nSPS) is 18.1. The van der Waals surface area contributed by atoms with E-state index in [0.29, 0.717) is 5.17 Å². The van der Waals surface area contributed by atoms with Crippen molar-refractivity contribution < 1.29 is 14.0 Å². The zero-order valence-corrected chi connectivity index (χ0v) is 15.4. The molecular formula is C18H14ClFN4O2S. The van der Waals surface area contributed by atoms with E-state index in [4.69, 9.17) is 11.6 Å². The topological polar surface area (TPSA) is 82.9 Å². The molecule has 0 aliphatic carbocycles. The summed E-state index contributed by atoms with van der Waals surface area (Å²) in [5.74, 6) is -1.38. The van der Waals surface area contributed by atoms with Crippen LogP contribution in [0.5, 0.6) is 0 Å². The van der Waals surface area contributed by atoms with E-state index in [9.17, 15) is 14.0 Å². The van der Waals surface area contributed by atoms with Crippen LogP contribution in [0.1, 0.15) is 12.0 Å². The van der Waals surface area contributed by atoms with Crippen molar-refractivity contribution in [2.24, 2.45) is 10.2 Å². The van der Waals surface area contributed by atoms with E-state index in [0.717, 1.165) is 23.4 Å². The van der Waals surface area contributed by atoms with Crippen molar-refractivity contribution in [3.8, 4) is 0 Å². The Labute approximate surface area is 163 Å². The van der Waals surface area contributed by atoms with Crippen molar-refractivity contribution in [3.05, 3.63) is 64.9 Å². The number of anilines is 1. The first-order chi connectivity index (χ1) is 13.0. The van der Waals surface area contributed by atoms with Gasteiger partial charge in [-0.05, 0) is 23.8 Å². The second-order valence-corrected chi connectivity index (χ2v) is 7.14. The first-order valence-electron chi connectivity index (χ1n) is 7.90. The maximum atomic E-state index is 13.4. The number of nitrogens with zero attached hydrogens (tertiary/aromatic N) is 2. The molecule has 2 N–H and O–H groups in total. The van der Waals surface area contributed by atoms with Gasteiger partial charge in [0, 0.05) is 12.1 Å². The van der Waals surface area contributed by atoms with E-state index in [1.54, 1.807) is 6.21 Å². The highest BCUT2D eigenvalue weighted by Crippen LogP contribution is 2.24. The van der Waals surface area contributed by atoms with Crippen LogP contribution in [0.25, 0.3) is 0 Å². The Morgan fingerprint density at radius 3 is 2.81 bits per heavy atom. The van der Waals surface area contributed by atoms with Crippen molar-refractivity contribution in [2.75, 3.05) is 5.32 Å². The Bertz CT molecular complexity index is 921. The Morgan fingerprint density at radius 2 is 2.07 bits per heavy atom. The van der Waals surface area contributed by atoms with Gasteiger partial charge in [-0.15, -0.1) is 5.10 Å². The molecule has 2 aromatic rings. The molecule has 1 unspecified atom stereocenters. The molecule has 0 saturated carbocycles. The molecule has 2 aromatic carbocycles. The number of carbonyl (C=O) groups is 2. The van der Waals surface area contributed by atoms with Crippen molar-refractivity contribution >= 4 is 52.2 Å². The van der Waals surface area contributed by atoms with Gasteiger partial charge in [-0.25, -0.2) is 4.39 Å². The van der Waals surface area contributed by atoms with Crippen LogP contribution in [0.3, 0.4) is 0 Å². The lowest BCUT2D eigenvalue weighted by Gasteiger charge is -2.07. The molecule has 2 amide bonds. The average molecular weight is 405 g/mol. The molecule has 6 nitrogen and oxygen atoms in total. The summed E-state index contributed by atoms with van der Waals surface area (Å²) in [6.45, 7) is 0. The minimum Gasteiger partial charge on any atom is -0.326 e. The molecule has 0 spiro atoms. The van der Waals surface area contributed by atoms with Gasteiger partial charge in [-0.3, -0.25) is 9.59 Å². The lowest BCUT2D eigenvalue weighted by Crippen LogP contribution is -2.28. The summed E-state index contributed by atoms with van der Waals surface area (Å²) in [5.41, 5.74) is 1.15. The molecule has 1 aliphatic rings. The van der Waals surface area contributed by atoms with Crippen LogP contribution in [0.2, 0.25) is 5.02 Å². The predicted octanol–water partition coefficient (Wildman–Crippen LogP) is 3.43. The number of amides is 2.